The van der Waals surface area contributed by atoms with E-state index >= 15 is 19.2 Å². The summed E-state index contributed by atoms with van der Waals surface area (Å²) >= 11 is 0. The van der Waals surface area contributed by atoms with Crippen LogP contribution >= 0.6 is 0 Å². The maximum Gasteiger partial charge on any atom is 0.266 e. The third-order valence-electron chi connectivity index (χ3n) is 18.5. The summed E-state index contributed by atoms with van der Waals surface area (Å²) in [5.74, 6) is -1.62. The molecule has 0 bridgehead atoms. The molecule has 0 N–H and O–H groups in total. The summed E-state index contributed by atoms with van der Waals surface area (Å²) in [6.45, 7) is 3.83. The molecular weight excluding hydrogens is 1080 g/mol. The lowest BCUT2D eigenvalue weighted by Gasteiger charge is -2.19. The van der Waals surface area contributed by atoms with E-state index in [1.165, 1.54) is 9.80 Å². The molecule has 18 rings (SSSR count). The van der Waals surface area contributed by atoms with Gasteiger partial charge in [-0.25, -0.2) is 9.80 Å². The van der Waals surface area contributed by atoms with Gasteiger partial charge in [-0.2, -0.15) is 0 Å². The van der Waals surface area contributed by atoms with Crippen molar-refractivity contribution in [3.05, 3.63) is 288 Å². The molecule has 0 fully saturated rings. The molecule has 88 heavy (non-hydrogen) atoms. The van der Waals surface area contributed by atoms with E-state index in [2.05, 4.69) is 115 Å². The van der Waals surface area contributed by atoms with Gasteiger partial charge in [0.1, 0.15) is 0 Å². The minimum atomic E-state index is -0.405. The van der Waals surface area contributed by atoms with Gasteiger partial charge in [-0.3, -0.25) is 19.2 Å². The highest BCUT2D eigenvalue weighted by atomic mass is 16.2. The molecule has 6 heterocycles. The summed E-state index contributed by atoms with van der Waals surface area (Å²) in [5, 5.41) is 8.64. The molecular formula is C78H48N6O4. The Morgan fingerprint density at radius 2 is 0.409 bits per heavy atom. The number of aromatic nitrogens is 4. The number of aryl methyl sites for hydroxylation is 2. The van der Waals surface area contributed by atoms with Crippen LogP contribution in [0, 0.1) is 13.8 Å². The van der Waals surface area contributed by atoms with Gasteiger partial charge in [0.25, 0.3) is 23.6 Å². The Kier molecular flexibility index (Phi) is 10.3. The van der Waals surface area contributed by atoms with Crippen LogP contribution in [0.3, 0.4) is 0 Å². The zero-order valence-corrected chi connectivity index (χ0v) is 47.6. The molecule has 0 saturated carbocycles. The molecule has 0 saturated heterocycles. The SMILES string of the molecule is Cc1cc(-c2ccc(N3C(=O)c4cc(-n5c6ccccc6c6ccccc65)c(-n5c6ccccc6c6ccccc65)cc4C3=O)c(C)c2)ccc1N1C(=O)c2cc(-n3c4ccccc4c4ccccc43)c(-n3c4ccccc4c4ccccc43)cc2C1=O. The van der Waals surface area contributed by atoms with Gasteiger partial charge in [0.2, 0.25) is 0 Å². The van der Waals surface area contributed by atoms with Crippen LogP contribution < -0.4 is 9.80 Å². The second-order valence-electron chi connectivity index (χ2n) is 23.1. The maximum absolute atomic E-state index is 15.1. The van der Waals surface area contributed by atoms with E-state index in [1.807, 2.05) is 172 Å². The van der Waals surface area contributed by atoms with E-state index in [1.54, 1.807) is 0 Å². The number of fused-ring (bicyclic) bond motifs is 14. The monoisotopic (exact) mass is 1130 g/mol. The average molecular weight is 1130 g/mol. The van der Waals surface area contributed by atoms with Crippen LogP contribution in [0.5, 0.6) is 0 Å². The van der Waals surface area contributed by atoms with Gasteiger partial charge in [-0.15, -0.1) is 0 Å². The zero-order valence-electron chi connectivity index (χ0n) is 47.6. The van der Waals surface area contributed by atoms with Crippen LogP contribution in [-0.2, 0) is 0 Å². The van der Waals surface area contributed by atoms with Gasteiger partial charge in [0.05, 0.1) is 101 Å². The second-order valence-corrected chi connectivity index (χ2v) is 23.1. The molecule has 4 amide bonds. The first-order valence-corrected chi connectivity index (χ1v) is 29.5. The molecule has 2 aliphatic rings. The molecule has 0 radical (unpaired) electrons. The standard InChI is InChI=1S/C78H48N6O4/c1-45-39-47(35-37-61(45)83-75(85)57-41-71(79-63-27-11-3-19-49(63)50-20-4-12-28-64(50)79)72(42-58(57)76(83)86)80-65-29-13-5-21-51(65)52-22-6-14-30-66(52)80)48-36-38-62(46(2)40-48)84-77(87)59-43-73(81-67-31-15-7-23-53(67)54-24-8-16-32-68(54)81)74(44-60(59)78(84)88)82-69-33-17-9-25-55(69)56-26-10-18-34-70(56)82/h3-44H,1-2H3. The van der Waals surface area contributed by atoms with Gasteiger partial charge in [0, 0.05) is 43.1 Å². The fraction of sp³-hybridized carbons (Fsp3) is 0.0256. The summed E-state index contributed by atoms with van der Waals surface area (Å²) in [7, 11) is 0. The summed E-state index contributed by atoms with van der Waals surface area (Å²) in [4.78, 5) is 63.1. The Morgan fingerprint density at radius 1 is 0.216 bits per heavy atom. The number of nitrogens with zero attached hydrogens (tertiary/aromatic N) is 6. The Balaban J connectivity index is 0.722. The molecule has 0 unspecified atom stereocenters. The third kappa shape index (κ3) is 6.76. The quantitative estimate of drug-likeness (QED) is 0.149. The maximum atomic E-state index is 15.1. The predicted molar refractivity (Wildman–Crippen MR) is 354 cm³/mol. The predicted octanol–water partition coefficient (Wildman–Crippen LogP) is 18.0. The van der Waals surface area contributed by atoms with Gasteiger partial charge >= 0.3 is 0 Å². The Morgan fingerprint density at radius 3 is 0.602 bits per heavy atom. The number of benzene rings is 12. The summed E-state index contributed by atoms with van der Waals surface area (Å²) < 4.78 is 8.89. The topological polar surface area (TPSA) is 94.5 Å². The van der Waals surface area contributed by atoms with Gasteiger partial charge in [-0.05, 0) is 133 Å². The normalized spacial score (nSPS) is 13.4. The minimum Gasteiger partial charge on any atom is -0.307 e. The number of anilines is 2. The zero-order chi connectivity index (χ0) is 58.8. The molecule has 2 aliphatic heterocycles. The minimum absolute atomic E-state index is 0.320. The molecule has 10 heteroatoms. The molecule has 16 aromatic rings. The fourth-order valence-corrected chi connectivity index (χ4v) is 14.6. The van der Waals surface area contributed by atoms with Crippen molar-refractivity contribution >= 4 is 122 Å². The lowest BCUT2D eigenvalue weighted by atomic mass is 9.99. The molecule has 0 atom stereocenters. The van der Waals surface area contributed by atoms with Crippen molar-refractivity contribution in [2.24, 2.45) is 0 Å². The number of amides is 4. The number of hydrogen-bond acceptors (Lipinski definition) is 4. The highest BCUT2D eigenvalue weighted by Crippen LogP contribution is 2.45. The first-order valence-electron chi connectivity index (χ1n) is 29.5. The number of imide groups is 2. The van der Waals surface area contributed by atoms with Crippen molar-refractivity contribution in [2.75, 3.05) is 9.80 Å². The molecule has 0 aliphatic carbocycles. The van der Waals surface area contributed by atoms with E-state index < -0.39 is 23.6 Å². The molecule has 10 nitrogen and oxygen atoms in total. The first-order chi connectivity index (χ1) is 43.2. The van der Waals surface area contributed by atoms with E-state index in [-0.39, 0.29) is 0 Å². The Hall–Kier alpha value is -11.9. The van der Waals surface area contributed by atoms with Crippen molar-refractivity contribution in [3.63, 3.8) is 0 Å². The molecule has 4 aromatic heterocycles. The lowest BCUT2D eigenvalue weighted by molar-refractivity contribution is 0.0910. The average Bonchev–Trinajstić information content (AvgIpc) is 1.73. The Labute approximate surface area is 502 Å². The molecule has 12 aromatic carbocycles. The van der Waals surface area contributed by atoms with Crippen LogP contribution in [0.4, 0.5) is 11.4 Å². The fourth-order valence-electron chi connectivity index (χ4n) is 14.6. The van der Waals surface area contributed by atoms with Crippen molar-refractivity contribution in [1.82, 2.24) is 18.3 Å². The van der Waals surface area contributed by atoms with Gasteiger partial charge in [0.15, 0.2) is 0 Å². The number of carbonyl (C=O) groups is 4. The highest BCUT2D eigenvalue weighted by molar-refractivity contribution is 6.36. The number of carbonyl (C=O) groups excluding carboxylic acids is 4. The van der Waals surface area contributed by atoms with Crippen molar-refractivity contribution in [3.8, 4) is 33.9 Å². The number of para-hydroxylation sites is 8. The van der Waals surface area contributed by atoms with Crippen LogP contribution in [0.1, 0.15) is 52.6 Å². The summed E-state index contributed by atoms with van der Waals surface area (Å²) in [6, 6.07) is 85.6. The van der Waals surface area contributed by atoms with Crippen LogP contribution in [0.2, 0.25) is 0 Å². The summed E-state index contributed by atoms with van der Waals surface area (Å²) in [5.41, 5.74) is 16.3. The Bertz CT molecular complexity index is 4970. The van der Waals surface area contributed by atoms with Crippen LogP contribution in [-0.4, -0.2) is 41.9 Å². The van der Waals surface area contributed by atoms with Gasteiger partial charge in [-0.1, -0.05) is 158 Å². The van der Waals surface area contributed by atoms with E-state index in [0.717, 1.165) is 132 Å². The van der Waals surface area contributed by atoms with E-state index in [9.17, 15) is 0 Å². The van der Waals surface area contributed by atoms with Crippen LogP contribution in [0.15, 0.2) is 255 Å². The largest absolute Gasteiger partial charge is 0.307 e. The van der Waals surface area contributed by atoms with Gasteiger partial charge < -0.3 is 18.3 Å². The van der Waals surface area contributed by atoms with E-state index in [4.69, 9.17) is 0 Å². The third-order valence-corrected chi connectivity index (χ3v) is 18.5. The van der Waals surface area contributed by atoms with Crippen LogP contribution in [0.25, 0.3) is 121 Å². The lowest BCUT2D eigenvalue weighted by Crippen LogP contribution is -2.30. The smallest absolute Gasteiger partial charge is 0.266 e. The number of rotatable bonds is 7. The van der Waals surface area contributed by atoms with Crippen molar-refractivity contribution in [1.29, 1.82) is 0 Å². The first kappa shape index (κ1) is 49.5. The van der Waals surface area contributed by atoms with Crippen molar-refractivity contribution in [2.45, 2.75) is 13.8 Å². The van der Waals surface area contributed by atoms with Crippen molar-refractivity contribution < 1.29 is 19.2 Å². The molecule has 0 spiro atoms. The second kappa shape index (κ2) is 18.3. The number of hydrogen-bond donors (Lipinski definition) is 0. The van der Waals surface area contributed by atoms with E-state index in [0.29, 0.717) is 33.6 Å². The summed E-state index contributed by atoms with van der Waals surface area (Å²) in [6.07, 6.45) is 0. The highest BCUT2D eigenvalue weighted by Gasteiger charge is 2.41. The molecule has 414 valence electrons.